The molecule has 1 aromatic rings. The number of ether oxygens (including phenoxy) is 2. The monoisotopic (exact) mass is 382 g/mol. The lowest BCUT2D eigenvalue weighted by atomic mass is 9.91. The van der Waals surface area contributed by atoms with Gasteiger partial charge in [-0.25, -0.2) is 9.59 Å². The van der Waals surface area contributed by atoms with E-state index in [4.69, 9.17) is 9.47 Å². The second-order valence-corrected chi connectivity index (χ2v) is 7.41. The first-order valence-electron chi connectivity index (χ1n) is 8.78. The average molecular weight is 383 g/mol. The number of rotatable bonds is 4. The lowest BCUT2D eigenvalue weighted by Gasteiger charge is -2.30. The molecule has 0 spiro atoms. The van der Waals surface area contributed by atoms with Crippen LogP contribution in [0.1, 0.15) is 52.0 Å². The van der Waals surface area contributed by atoms with E-state index in [0.717, 1.165) is 24.8 Å². The van der Waals surface area contributed by atoms with Crippen molar-refractivity contribution in [2.45, 2.75) is 70.7 Å². The van der Waals surface area contributed by atoms with Gasteiger partial charge in [-0.3, -0.25) is 0 Å². The van der Waals surface area contributed by atoms with Gasteiger partial charge in [-0.2, -0.15) is 13.5 Å². The molecule has 0 radical (unpaired) electrons. The Kier molecular flexibility index (Phi) is 8.78. The van der Waals surface area contributed by atoms with Gasteiger partial charge in [0.1, 0.15) is 12.2 Å². The van der Waals surface area contributed by atoms with E-state index in [0.29, 0.717) is 6.42 Å². The standard InChI is InChI=1S/C19H28N2O4.H2S/c1-19(2,3)25-18(23)21-16-11-7-10-15(12-16)20-17(22)24-13-14-8-5-4-6-9-14;/h4-6,8-9,15-16H,7,10-13H2,1-3H3,(H,20,22)(H,21,23);1H2/t15-,16+;/m1./s1. The summed E-state index contributed by atoms with van der Waals surface area (Å²) in [4.78, 5) is 23.8. The van der Waals surface area contributed by atoms with Crippen LogP contribution < -0.4 is 10.6 Å². The molecule has 0 heterocycles. The molecule has 1 aliphatic carbocycles. The van der Waals surface area contributed by atoms with Crippen LogP contribution >= 0.6 is 13.5 Å². The fraction of sp³-hybridized carbons (Fsp3) is 0.579. The van der Waals surface area contributed by atoms with Crippen LogP contribution in [0, 0.1) is 0 Å². The molecule has 1 aliphatic rings. The summed E-state index contributed by atoms with van der Waals surface area (Å²) in [6.07, 6.45) is 2.55. The van der Waals surface area contributed by atoms with Gasteiger partial charge in [-0.1, -0.05) is 30.3 Å². The largest absolute Gasteiger partial charge is 0.445 e. The zero-order chi connectivity index (χ0) is 18.3. The summed E-state index contributed by atoms with van der Waals surface area (Å²) in [7, 11) is 0. The maximum Gasteiger partial charge on any atom is 0.407 e. The lowest BCUT2D eigenvalue weighted by Crippen LogP contribution is -2.47. The molecule has 1 aromatic carbocycles. The van der Waals surface area contributed by atoms with Gasteiger partial charge in [-0.05, 0) is 52.0 Å². The Hall–Kier alpha value is -1.89. The molecule has 26 heavy (non-hydrogen) atoms. The minimum atomic E-state index is -0.516. The molecular formula is C19H30N2O4S. The zero-order valence-electron chi connectivity index (χ0n) is 15.7. The third kappa shape index (κ3) is 8.47. The van der Waals surface area contributed by atoms with E-state index in [1.165, 1.54) is 0 Å². The van der Waals surface area contributed by atoms with Crippen molar-refractivity contribution < 1.29 is 19.1 Å². The molecule has 1 fully saturated rings. The number of carbonyl (C=O) groups excluding carboxylic acids is 2. The van der Waals surface area contributed by atoms with Gasteiger partial charge >= 0.3 is 12.2 Å². The SMILES string of the molecule is CC(C)(C)OC(=O)N[C@H]1CCC[C@@H](NC(=O)OCc2ccccc2)C1.S. The predicted molar refractivity (Wildman–Crippen MR) is 106 cm³/mol. The molecule has 6 nitrogen and oxygen atoms in total. The topological polar surface area (TPSA) is 76.7 Å². The van der Waals surface area contributed by atoms with Gasteiger partial charge < -0.3 is 20.1 Å². The van der Waals surface area contributed by atoms with Gasteiger partial charge in [-0.15, -0.1) is 0 Å². The highest BCUT2D eigenvalue weighted by Gasteiger charge is 2.26. The van der Waals surface area contributed by atoms with Crippen molar-refractivity contribution in [1.82, 2.24) is 10.6 Å². The number of carbonyl (C=O) groups is 2. The molecule has 1 saturated carbocycles. The van der Waals surface area contributed by atoms with Crippen molar-refractivity contribution in [2.24, 2.45) is 0 Å². The van der Waals surface area contributed by atoms with Crippen LogP contribution in [-0.2, 0) is 16.1 Å². The Morgan fingerprint density at radius 2 is 1.62 bits per heavy atom. The van der Waals surface area contributed by atoms with Gasteiger partial charge in [0.2, 0.25) is 0 Å². The second-order valence-electron chi connectivity index (χ2n) is 7.41. The molecule has 7 heteroatoms. The van der Waals surface area contributed by atoms with Crippen molar-refractivity contribution in [1.29, 1.82) is 0 Å². The molecule has 0 aromatic heterocycles. The van der Waals surface area contributed by atoms with Gasteiger partial charge in [0.05, 0.1) is 0 Å². The van der Waals surface area contributed by atoms with Crippen molar-refractivity contribution in [3.63, 3.8) is 0 Å². The van der Waals surface area contributed by atoms with Crippen LogP contribution in [0.4, 0.5) is 9.59 Å². The number of alkyl carbamates (subject to hydrolysis) is 2. The Bertz CT molecular complexity index is 575. The molecule has 2 amide bonds. The van der Waals surface area contributed by atoms with E-state index in [1.54, 1.807) is 0 Å². The molecule has 0 aliphatic heterocycles. The first-order valence-corrected chi connectivity index (χ1v) is 8.78. The Morgan fingerprint density at radius 1 is 1.04 bits per heavy atom. The van der Waals surface area contributed by atoms with E-state index in [2.05, 4.69) is 10.6 Å². The van der Waals surface area contributed by atoms with Crippen molar-refractivity contribution in [3.05, 3.63) is 35.9 Å². The number of amides is 2. The van der Waals surface area contributed by atoms with E-state index >= 15 is 0 Å². The third-order valence-electron chi connectivity index (χ3n) is 3.93. The zero-order valence-corrected chi connectivity index (χ0v) is 16.7. The summed E-state index contributed by atoms with van der Waals surface area (Å²) >= 11 is 0. The van der Waals surface area contributed by atoms with Gasteiger partial charge in [0.25, 0.3) is 0 Å². The maximum atomic E-state index is 12.0. The number of benzene rings is 1. The second kappa shape index (κ2) is 10.3. The highest BCUT2D eigenvalue weighted by Crippen LogP contribution is 2.19. The van der Waals surface area contributed by atoms with Crippen LogP contribution in [0.5, 0.6) is 0 Å². The summed E-state index contributed by atoms with van der Waals surface area (Å²) in [5.74, 6) is 0. The highest BCUT2D eigenvalue weighted by atomic mass is 32.1. The minimum Gasteiger partial charge on any atom is -0.445 e. The van der Waals surface area contributed by atoms with Crippen LogP contribution in [0.3, 0.4) is 0 Å². The fourth-order valence-electron chi connectivity index (χ4n) is 2.86. The van der Waals surface area contributed by atoms with E-state index in [9.17, 15) is 9.59 Å². The van der Waals surface area contributed by atoms with Gasteiger partial charge in [0.15, 0.2) is 0 Å². The number of hydrogen-bond donors (Lipinski definition) is 2. The summed E-state index contributed by atoms with van der Waals surface area (Å²) in [6.45, 7) is 5.75. The summed E-state index contributed by atoms with van der Waals surface area (Å²) in [5.41, 5.74) is 0.434. The summed E-state index contributed by atoms with van der Waals surface area (Å²) in [5, 5.41) is 5.77. The van der Waals surface area contributed by atoms with Crippen LogP contribution in [-0.4, -0.2) is 29.9 Å². The Morgan fingerprint density at radius 3 is 2.19 bits per heavy atom. The summed E-state index contributed by atoms with van der Waals surface area (Å²) < 4.78 is 10.5. The molecular weight excluding hydrogens is 352 g/mol. The molecule has 2 rings (SSSR count). The predicted octanol–water partition coefficient (Wildman–Crippen LogP) is 3.86. The summed E-state index contributed by atoms with van der Waals surface area (Å²) in [6, 6.07) is 9.56. The van der Waals surface area contributed by atoms with E-state index in [1.807, 2.05) is 51.1 Å². The molecule has 0 bridgehead atoms. The maximum absolute atomic E-state index is 12.0. The number of hydrogen-bond acceptors (Lipinski definition) is 4. The normalized spacial score (nSPS) is 19.7. The molecule has 2 atom stereocenters. The Labute approximate surface area is 162 Å². The number of nitrogens with one attached hydrogen (secondary N) is 2. The van der Waals surface area contributed by atoms with Gasteiger partial charge in [0, 0.05) is 12.1 Å². The van der Waals surface area contributed by atoms with Crippen LogP contribution in [0.15, 0.2) is 30.3 Å². The van der Waals surface area contributed by atoms with Crippen LogP contribution in [0.2, 0.25) is 0 Å². The smallest absolute Gasteiger partial charge is 0.407 e. The lowest BCUT2D eigenvalue weighted by molar-refractivity contribution is 0.0488. The fourth-order valence-corrected chi connectivity index (χ4v) is 2.86. The molecule has 0 saturated heterocycles. The molecule has 2 N–H and O–H groups in total. The van der Waals surface area contributed by atoms with Crippen molar-refractivity contribution in [3.8, 4) is 0 Å². The quantitative estimate of drug-likeness (QED) is 0.829. The van der Waals surface area contributed by atoms with Crippen molar-refractivity contribution in [2.75, 3.05) is 0 Å². The first-order chi connectivity index (χ1) is 11.8. The van der Waals surface area contributed by atoms with Crippen molar-refractivity contribution >= 4 is 25.7 Å². The molecule has 146 valence electrons. The molecule has 0 unspecified atom stereocenters. The van der Waals surface area contributed by atoms with E-state index < -0.39 is 17.8 Å². The third-order valence-corrected chi connectivity index (χ3v) is 3.93. The highest BCUT2D eigenvalue weighted by molar-refractivity contribution is 7.59. The van der Waals surface area contributed by atoms with Crippen LogP contribution in [0.25, 0.3) is 0 Å². The minimum absolute atomic E-state index is 0. The Balaban J connectivity index is 0.00000338. The average Bonchev–Trinajstić information content (AvgIpc) is 2.52. The van der Waals surface area contributed by atoms with E-state index in [-0.39, 0.29) is 32.2 Å². The first kappa shape index (κ1) is 22.2.